The molecular formula is C23H32FN5O4. The highest BCUT2D eigenvalue weighted by atomic mass is 19.1. The number of amides is 4. The SMILES string of the molecule is CCNC(=O)N1CCN(CC2=C(C(=O)OCC)[C@H](c3ccccc3F)NC(=O)N2C)C[C@H]1C. The number of nitrogens with zero attached hydrogens (tertiary/aromatic N) is 3. The molecule has 4 amide bonds. The van der Waals surface area contributed by atoms with Gasteiger partial charge < -0.3 is 20.3 Å². The van der Waals surface area contributed by atoms with E-state index in [0.29, 0.717) is 31.9 Å². The first kappa shape index (κ1) is 24.5. The Hall–Kier alpha value is -3.14. The second-order valence-corrected chi connectivity index (χ2v) is 8.16. The summed E-state index contributed by atoms with van der Waals surface area (Å²) in [6.45, 7) is 8.18. The molecule has 2 aliphatic heterocycles. The van der Waals surface area contributed by atoms with Gasteiger partial charge in [-0.3, -0.25) is 9.80 Å². The molecule has 1 fully saturated rings. The van der Waals surface area contributed by atoms with E-state index in [1.54, 1.807) is 37.1 Å². The number of esters is 1. The smallest absolute Gasteiger partial charge is 0.338 e. The fraction of sp³-hybridized carbons (Fsp3) is 0.522. The summed E-state index contributed by atoms with van der Waals surface area (Å²) in [5.41, 5.74) is 0.876. The number of benzene rings is 1. The van der Waals surface area contributed by atoms with E-state index in [-0.39, 0.29) is 36.4 Å². The number of ether oxygens (including phenoxy) is 1. The maximum Gasteiger partial charge on any atom is 0.338 e. The Bertz CT molecular complexity index is 937. The zero-order valence-electron chi connectivity index (χ0n) is 19.6. The largest absolute Gasteiger partial charge is 0.463 e. The van der Waals surface area contributed by atoms with Crippen molar-refractivity contribution < 1.29 is 23.5 Å². The maximum absolute atomic E-state index is 14.6. The minimum atomic E-state index is -0.960. The van der Waals surface area contributed by atoms with Crippen molar-refractivity contribution in [3.8, 4) is 0 Å². The Labute approximate surface area is 193 Å². The van der Waals surface area contributed by atoms with Crippen LogP contribution in [0.15, 0.2) is 35.5 Å². The number of likely N-dealkylation sites (N-methyl/N-ethyl adjacent to an activating group) is 1. The van der Waals surface area contributed by atoms with Crippen LogP contribution in [0.4, 0.5) is 14.0 Å². The summed E-state index contributed by atoms with van der Waals surface area (Å²) >= 11 is 0. The van der Waals surface area contributed by atoms with Crippen molar-refractivity contribution in [2.75, 3.05) is 46.4 Å². The van der Waals surface area contributed by atoms with E-state index in [2.05, 4.69) is 15.5 Å². The Morgan fingerprint density at radius 2 is 1.97 bits per heavy atom. The van der Waals surface area contributed by atoms with E-state index >= 15 is 0 Å². The first-order valence-electron chi connectivity index (χ1n) is 11.2. The highest BCUT2D eigenvalue weighted by molar-refractivity contribution is 5.95. The van der Waals surface area contributed by atoms with Crippen molar-refractivity contribution in [3.05, 3.63) is 46.9 Å². The third-order valence-corrected chi connectivity index (χ3v) is 5.96. The molecule has 0 spiro atoms. The van der Waals surface area contributed by atoms with Crippen LogP contribution in [-0.2, 0) is 9.53 Å². The predicted molar refractivity (Wildman–Crippen MR) is 121 cm³/mol. The molecule has 10 heteroatoms. The lowest BCUT2D eigenvalue weighted by atomic mass is 9.93. The van der Waals surface area contributed by atoms with Crippen LogP contribution in [0.25, 0.3) is 0 Å². The average molecular weight is 462 g/mol. The molecule has 0 radical (unpaired) electrons. The van der Waals surface area contributed by atoms with E-state index in [1.165, 1.54) is 11.0 Å². The predicted octanol–water partition coefficient (Wildman–Crippen LogP) is 2.07. The minimum absolute atomic E-state index is 0.0537. The average Bonchev–Trinajstić information content (AvgIpc) is 2.77. The second kappa shape index (κ2) is 10.7. The van der Waals surface area contributed by atoms with E-state index in [9.17, 15) is 18.8 Å². The summed E-state index contributed by atoms with van der Waals surface area (Å²) in [6, 6.07) is 4.51. The van der Waals surface area contributed by atoms with Crippen molar-refractivity contribution in [1.82, 2.24) is 25.3 Å². The zero-order chi connectivity index (χ0) is 24.1. The van der Waals surface area contributed by atoms with Crippen molar-refractivity contribution >= 4 is 18.0 Å². The van der Waals surface area contributed by atoms with Gasteiger partial charge in [0.2, 0.25) is 0 Å². The molecule has 0 aromatic heterocycles. The van der Waals surface area contributed by atoms with Gasteiger partial charge in [-0.2, -0.15) is 0 Å². The highest BCUT2D eigenvalue weighted by Crippen LogP contribution is 2.33. The first-order chi connectivity index (χ1) is 15.8. The van der Waals surface area contributed by atoms with Crippen molar-refractivity contribution in [3.63, 3.8) is 0 Å². The third-order valence-electron chi connectivity index (χ3n) is 5.96. The normalized spacial score (nSPS) is 21.7. The molecule has 3 rings (SSSR count). The van der Waals surface area contributed by atoms with Crippen LogP contribution >= 0.6 is 0 Å². The van der Waals surface area contributed by atoms with Crippen LogP contribution in [0, 0.1) is 5.82 Å². The van der Waals surface area contributed by atoms with Gasteiger partial charge in [0.1, 0.15) is 5.82 Å². The molecular weight excluding hydrogens is 429 g/mol. The molecule has 33 heavy (non-hydrogen) atoms. The summed E-state index contributed by atoms with van der Waals surface area (Å²) in [6.07, 6.45) is 0. The fourth-order valence-electron chi connectivity index (χ4n) is 4.28. The van der Waals surface area contributed by atoms with Crippen LogP contribution < -0.4 is 10.6 Å². The Kier molecular flexibility index (Phi) is 7.91. The van der Waals surface area contributed by atoms with Crippen LogP contribution in [0.2, 0.25) is 0 Å². The minimum Gasteiger partial charge on any atom is -0.463 e. The van der Waals surface area contributed by atoms with E-state index < -0.39 is 23.9 Å². The number of carbonyl (C=O) groups excluding carboxylic acids is 3. The van der Waals surface area contributed by atoms with Gasteiger partial charge in [-0.15, -0.1) is 0 Å². The molecule has 2 N–H and O–H groups in total. The molecule has 2 aliphatic rings. The van der Waals surface area contributed by atoms with Gasteiger partial charge in [-0.25, -0.2) is 18.8 Å². The van der Waals surface area contributed by atoms with E-state index in [4.69, 9.17) is 4.74 Å². The zero-order valence-corrected chi connectivity index (χ0v) is 19.6. The molecule has 9 nitrogen and oxygen atoms in total. The molecule has 1 aromatic rings. The van der Waals surface area contributed by atoms with Crippen LogP contribution in [0.5, 0.6) is 0 Å². The van der Waals surface area contributed by atoms with Gasteiger partial charge in [0.15, 0.2) is 0 Å². The molecule has 0 unspecified atom stereocenters. The van der Waals surface area contributed by atoms with E-state index in [0.717, 1.165) is 0 Å². The molecule has 2 atom stereocenters. The van der Waals surface area contributed by atoms with E-state index in [1.807, 2.05) is 13.8 Å². The number of rotatable bonds is 6. The highest BCUT2D eigenvalue weighted by Gasteiger charge is 2.39. The lowest BCUT2D eigenvalue weighted by molar-refractivity contribution is -0.139. The number of halogens is 1. The summed E-state index contributed by atoms with van der Waals surface area (Å²) in [7, 11) is 1.58. The van der Waals surface area contributed by atoms with Gasteiger partial charge in [0, 0.05) is 57.1 Å². The molecule has 1 saturated heterocycles. The number of urea groups is 2. The quantitative estimate of drug-likeness (QED) is 0.633. The number of nitrogens with one attached hydrogen (secondary N) is 2. The van der Waals surface area contributed by atoms with Crippen LogP contribution in [0.3, 0.4) is 0 Å². The molecule has 0 bridgehead atoms. The number of hydrogen-bond donors (Lipinski definition) is 2. The Morgan fingerprint density at radius 1 is 1.24 bits per heavy atom. The monoisotopic (exact) mass is 461 g/mol. The summed E-state index contributed by atoms with van der Waals surface area (Å²) < 4.78 is 19.9. The fourth-order valence-corrected chi connectivity index (χ4v) is 4.28. The molecule has 180 valence electrons. The van der Waals surface area contributed by atoms with Crippen molar-refractivity contribution in [2.45, 2.75) is 32.9 Å². The number of hydrogen-bond acceptors (Lipinski definition) is 5. The summed E-state index contributed by atoms with van der Waals surface area (Å²) in [5.74, 6) is -1.11. The van der Waals surface area contributed by atoms with Gasteiger partial charge in [0.05, 0.1) is 18.2 Å². The second-order valence-electron chi connectivity index (χ2n) is 8.16. The first-order valence-corrected chi connectivity index (χ1v) is 11.2. The molecule has 0 aliphatic carbocycles. The van der Waals surface area contributed by atoms with Crippen molar-refractivity contribution in [1.29, 1.82) is 0 Å². The lowest BCUT2D eigenvalue weighted by Crippen LogP contribution is -2.58. The van der Waals surface area contributed by atoms with Gasteiger partial charge >= 0.3 is 18.0 Å². The summed E-state index contributed by atoms with van der Waals surface area (Å²) in [4.78, 5) is 43.3. The number of piperazine rings is 1. The lowest BCUT2D eigenvalue weighted by Gasteiger charge is -2.42. The summed E-state index contributed by atoms with van der Waals surface area (Å²) in [5, 5.41) is 5.55. The Balaban J connectivity index is 1.94. The standard InChI is InChI=1S/C23H32FN5O4/c1-5-25-22(31)29-12-11-28(13-15(29)3)14-18-19(21(30)33-6-2)20(26-23(32)27(18)4)16-9-7-8-10-17(16)24/h7-10,15,20H,5-6,11-14H2,1-4H3,(H,25,31)(H,26,32)/t15-,20+/m1/s1. The van der Waals surface area contributed by atoms with Gasteiger partial charge in [0.25, 0.3) is 0 Å². The Morgan fingerprint density at radius 3 is 2.61 bits per heavy atom. The van der Waals surface area contributed by atoms with Crippen LogP contribution in [-0.4, -0.2) is 85.2 Å². The maximum atomic E-state index is 14.6. The number of carbonyl (C=O) groups is 3. The van der Waals surface area contributed by atoms with Gasteiger partial charge in [-0.05, 0) is 26.8 Å². The van der Waals surface area contributed by atoms with Gasteiger partial charge in [-0.1, -0.05) is 18.2 Å². The molecule has 1 aromatic carbocycles. The molecule has 2 heterocycles. The van der Waals surface area contributed by atoms with Crippen LogP contribution in [0.1, 0.15) is 32.4 Å². The topological polar surface area (TPSA) is 94.2 Å². The molecule has 0 saturated carbocycles. The third kappa shape index (κ3) is 5.27. The van der Waals surface area contributed by atoms with Crippen molar-refractivity contribution in [2.24, 2.45) is 0 Å².